The van der Waals surface area contributed by atoms with Gasteiger partial charge in [-0.2, -0.15) is 0 Å². The number of cyclic esters (lactones) is 1. The molecule has 2 aliphatic rings. The van der Waals surface area contributed by atoms with Crippen molar-refractivity contribution in [3.63, 3.8) is 0 Å². The van der Waals surface area contributed by atoms with Crippen molar-refractivity contribution < 1.29 is 36.2 Å². The van der Waals surface area contributed by atoms with Crippen molar-refractivity contribution in [3.8, 4) is 0 Å². The molecule has 0 bridgehead atoms. The fraction of sp³-hybridized carbons (Fsp3) is 0.400. The summed E-state index contributed by atoms with van der Waals surface area (Å²) in [7, 11) is -8.83. The van der Waals surface area contributed by atoms with Gasteiger partial charge in [-0.05, 0) is 72.1 Å². The van der Waals surface area contributed by atoms with Crippen molar-refractivity contribution in [2.45, 2.75) is 79.3 Å². The highest BCUT2D eigenvalue weighted by Gasteiger charge is 2.42. The first-order valence-corrected chi connectivity index (χ1v) is 18.4. The Bertz CT molecular complexity index is 1660. The lowest BCUT2D eigenvalue weighted by Crippen LogP contribution is -2.36. The summed E-state index contributed by atoms with van der Waals surface area (Å²) in [5.74, 6) is 0.457. The Morgan fingerprint density at radius 1 is 0.844 bits per heavy atom. The Kier molecular flexibility index (Phi) is 9.98. The number of carbonyl (C=O) groups is 1. The lowest BCUT2D eigenvalue weighted by molar-refractivity contribution is -0.179. The van der Waals surface area contributed by atoms with E-state index in [9.17, 15) is 26.7 Å². The first kappa shape index (κ1) is 33.1. The van der Waals surface area contributed by atoms with Gasteiger partial charge in [-0.15, -0.1) is 0 Å². The van der Waals surface area contributed by atoms with Crippen LogP contribution < -0.4 is 0 Å². The maximum Gasteiger partial charge on any atom is 0.339 e. The monoisotopic (exact) mass is 652 g/mol. The van der Waals surface area contributed by atoms with Gasteiger partial charge in [-0.25, -0.2) is 21.6 Å². The van der Waals surface area contributed by atoms with Gasteiger partial charge < -0.3 is 14.6 Å². The predicted molar refractivity (Wildman–Crippen MR) is 170 cm³/mol. The third kappa shape index (κ3) is 7.09. The van der Waals surface area contributed by atoms with E-state index in [-0.39, 0.29) is 32.6 Å². The van der Waals surface area contributed by atoms with Crippen LogP contribution in [0.25, 0.3) is 0 Å². The second-order valence-corrected chi connectivity index (χ2v) is 16.9. The standard InChI is InChI=1S/C35H40O8S2/c1-23(2)28-19-18-24(3)20-31(28)42-32-22-30(35(37)43-32)34(36)29-17-11-10-12-25(29)21-33(44(38,39)26-13-6-4-7-14-26)45(40,41)27-15-8-5-9-16-27/h4-17,22-24,28,31-34,36H,18-21H2,1-3H3/t24-,28+,31-,32-,34+/m1/s1. The number of benzene rings is 3. The van der Waals surface area contributed by atoms with Crippen LogP contribution in [-0.2, 0) is 40.4 Å². The molecular formula is C35H40O8S2. The van der Waals surface area contributed by atoms with Gasteiger partial charge in [0.15, 0.2) is 24.3 Å². The van der Waals surface area contributed by atoms with E-state index in [1.807, 2.05) is 0 Å². The molecule has 1 N–H and O–H groups in total. The van der Waals surface area contributed by atoms with Crippen LogP contribution >= 0.6 is 0 Å². The van der Waals surface area contributed by atoms with Crippen LogP contribution in [0.3, 0.4) is 0 Å². The van der Waals surface area contributed by atoms with Crippen molar-refractivity contribution in [1.29, 1.82) is 0 Å². The highest BCUT2D eigenvalue weighted by molar-refractivity contribution is 8.09. The number of sulfone groups is 2. The maximum atomic E-state index is 13.9. The molecule has 5 rings (SSSR count). The number of hydrogen-bond donors (Lipinski definition) is 1. The number of ether oxygens (including phenoxy) is 2. The zero-order valence-electron chi connectivity index (χ0n) is 25.7. The van der Waals surface area contributed by atoms with Crippen molar-refractivity contribution in [2.75, 3.05) is 0 Å². The van der Waals surface area contributed by atoms with Gasteiger partial charge in [0.05, 0.1) is 21.5 Å². The smallest absolute Gasteiger partial charge is 0.339 e. The van der Waals surface area contributed by atoms with Gasteiger partial charge in [0.2, 0.25) is 6.29 Å². The minimum atomic E-state index is -4.42. The Morgan fingerprint density at radius 3 is 1.98 bits per heavy atom. The first-order chi connectivity index (χ1) is 21.4. The summed E-state index contributed by atoms with van der Waals surface area (Å²) in [6.07, 6.45) is 1.44. The summed E-state index contributed by atoms with van der Waals surface area (Å²) in [6.45, 7) is 6.49. The quantitative estimate of drug-likeness (QED) is 0.257. The average Bonchev–Trinajstić information content (AvgIpc) is 3.39. The number of aliphatic hydroxyl groups is 1. The van der Waals surface area contributed by atoms with Crippen LogP contribution in [0.2, 0.25) is 0 Å². The van der Waals surface area contributed by atoms with E-state index in [1.165, 1.54) is 54.6 Å². The molecule has 0 unspecified atom stereocenters. The SMILES string of the molecule is CC(C)[C@@H]1CC[C@@H](C)C[C@H]1O[C@H]1C=C([C@@H](O)c2ccccc2CC(S(=O)(=O)c2ccccc2)S(=O)(=O)c2ccccc2)C(=O)O1. The van der Waals surface area contributed by atoms with Crippen LogP contribution in [0, 0.1) is 17.8 Å². The van der Waals surface area contributed by atoms with Crippen molar-refractivity contribution in [2.24, 2.45) is 17.8 Å². The van der Waals surface area contributed by atoms with E-state index < -0.39 is 49.0 Å². The number of aliphatic hydroxyl groups excluding tert-OH is 1. The third-order valence-electron chi connectivity index (χ3n) is 8.91. The maximum absolute atomic E-state index is 13.9. The largest absolute Gasteiger partial charge is 0.428 e. The van der Waals surface area contributed by atoms with E-state index in [2.05, 4.69) is 20.8 Å². The molecule has 3 aromatic rings. The van der Waals surface area contributed by atoms with Crippen molar-refractivity contribution in [1.82, 2.24) is 0 Å². The minimum absolute atomic E-state index is 0.0363. The number of carbonyl (C=O) groups excluding carboxylic acids is 1. The molecule has 0 saturated heterocycles. The average molecular weight is 653 g/mol. The molecule has 45 heavy (non-hydrogen) atoms. The van der Waals surface area contributed by atoms with Crippen LogP contribution in [-0.4, -0.2) is 44.9 Å². The van der Waals surface area contributed by atoms with E-state index >= 15 is 0 Å². The molecule has 1 saturated carbocycles. The van der Waals surface area contributed by atoms with Crippen LogP contribution in [0.15, 0.2) is 106 Å². The molecule has 1 aliphatic heterocycles. The molecule has 0 aromatic heterocycles. The van der Waals surface area contributed by atoms with Crippen molar-refractivity contribution in [3.05, 3.63) is 108 Å². The van der Waals surface area contributed by atoms with Crippen LogP contribution in [0.5, 0.6) is 0 Å². The highest BCUT2D eigenvalue weighted by Crippen LogP contribution is 2.38. The van der Waals surface area contributed by atoms with E-state index in [0.29, 0.717) is 17.8 Å². The van der Waals surface area contributed by atoms with Crippen LogP contribution in [0.1, 0.15) is 57.3 Å². The second-order valence-electron chi connectivity index (χ2n) is 12.3. The van der Waals surface area contributed by atoms with Gasteiger partial charge in [0.1, 0.15) is 6.10 Å². The first-order valence-electron chi connectivity index (χ1n) is 15.3. The lowest BCUT2D eigenvalue weighted by Gasteiger charge is -2.37. The Labute approximate surface area is 265 Å². The molecule has 0 amide bonds. The Hall–Kier alpha value is -3.31. The topological polar surface area (TPSA) is 124 Å². The number of esters is 1. The molecule has 1 aliphatic carbocycles. The summed E-state index contributed by atoms with van der Waals surface area (Å²) in [6, 6.07) is 21.3. The van der Waals surface area contributed by atoms with Gasteiger partial charge >= 0.3 is 5.97 Å². The number of rotatable bonds is 11. The van der Waals surface area contributed by atoms with Gasteiger partial charge in [-0.3, -0.25) is 0 Å². The minimum Gasteiger partial charge on any atom is -0.428 e. The van der Waals surface area contributed by atoms with E-state index in [0.717, 1.165) is 19.3 Å². The Morgan fingerprint density at radius 2 is 1.40 bits per heavy atom. The third-order valence-corrected chi connectivity index (χ3v) is 14.0. The molecular weight excluding hydrogens is 613 g/mol. The molecule has 240 valence electrons. The highest BCUT2D eigenvalue weighted by atomic mass is 32.3. The van der Waals surface area contributed by atoms with E-state index in [4.69, 9.17) is 9.47 Å². The molecule has 8 nitrogen and oxygen atoms in total. The summed E-state index contributed by atoms with van der Waals surface area (Å²) in [5, 5.41) is 11.5. The summed E-state index contributed by atoms with van der Waals surface area (Å²) in [4.78, 5) is 12.8. The van der Waals surface area contributed by atoms with Gasteiger partial charge in [-0.1, -0.05) is 87.9 Å². The molecule has 0 spiro atoms. The Balaban J connectivity index is 1.47. The summed E-state index contributed by atoms with van der Waals surface area (Å²) in [5.41, 5.74) is 0.447. The molecule has 1 heterocycles. The fourth-order valence-electron chi connectivity index (χ4n) is 6.38. The van der Waals surface area contributed by atoms with Gasteiger partial charge in [0.25, 0.3) is 0 Å². The predicted octanol–water partition coefficient (Wildman–Crippen LogP) is 5.82. The summed E-state index contributed by atoms with van der Waals surface area (Å²) >= 11 is 0. The second kappa shape index (κ2) is 13.6. The van der Waals surface area contributed by atoms with Gasteiger partial charge in [0, 0.05) is 6.42 Å². The summed E-state index contributed by atoms with van der Waals surface area (Å²) < 4.78 is 65.6. The lowest BCUT2D eigenvalue weighted by atomic mass is 9.75. The molecule has 1 fully saturated rings. The van der Waals surface area contributed by atoms with Crippen LogP contribution in [0.4, 0.5) is 0 Å². The molecule has 5 atom stereocenters. The van der Waals surface area contributed by atoms with E-state index in [1.54, 1.807) is 36.4 Å². The normalized spacial score (nSPS) is 23.2. The number of hydrogen-bond acceptors (Lipinski definition) is 8. The molecule has 3 aromatic carbocycles. The fourth-order valence-corrected chi connectivity index (χ4v) is 10.9. The molecule has 10 heteroatoms. The van der Waals surface area contributed by atoms with Crippen molar-refractivity contribution >= 4 is 25.6 Å². The zero-order chi connectivity index (χ0) is 32.4. The zero-order valence-corrected chi connectivity index (χ0v) is 27.3. The molecule has 0 radical (unpaired) electrons.